The number of fused-ring (bicyclic) bond motifs is 1. The predicted molar refractivity (Wildman–Crippen MR) is 101 cm³/mol. The summed E-state index contributed by atoms with van der Waals surface area (Å²) < 4.78 is 7.92. The molecule has 120 valence electrons. The fourth-order valence-corrected chi connectivity index (χ4v) is 5.48. The summed E-state index contributed by atoms with van der Waals surface area (Å²) in [7, 11) is 0. The van der Waals surface area contributed by atoms with Crippen molar-refractivity contribution in [1.82, 2.24) is 0 Å². The van der Waals surface area contributed by atoms with E-state index in [1.165, 1.54) is 15.6 Å². The van der Waals surface area contributed by atoms with E-state index < -0.39 is 0 Å². The average Bonchev–Trinajstić information content (AvgIpc) is 3.01. The number of ether oxygens (including phenoxy) is 1. The van der Waals surface area contributed by atoms with Crippen LogP contribution in [-0.2, 0) is 12.0 Å². The van der Waals surface area contributed by atoms with Gasteiger partial charge in [-0.15, -0.1) is 0 Å². The molecule has 0 saturated carbocycles. The summed E-state index contributed by atoms with van der Waals surface area (Å²) in [5.74, 6) is 1.01. The van der Waals surface area contributed by atoms with Crippen molar-refractivity contribution in [3.63, 3.8) is 0 Å². The summed E-state index contributed by atoms with van der Waals surface area (Å²) in [4.78, 5) is 0. The maximum atomic E-state index is 6.51. The van der Waals surface area contributed by atoms with E-state index in [9.17, 15) is 0 Å². The van der Waals surface area contributed by atoms with Crippen molar-refractivity contribution in [3.8, 4) is 5.75 Å². The van der Waals surface area contributed by atoms with Gasteiger partial charge in [-0.1, -0.05) is 0 Å². The predicted octanol–water partition coefficient (Wildman–Crippen LogP) is 4.62. The van der Waals surface area contributed by atoms with Crippen LogP contribution < -0.4 is 9.20 Å². The van der Waals surface area contributed by atoms with E-state index in [4.69, 9.17) is 16.3 Å². The summed E-state index contributed by atoms with van der Waals surface area (Å²) in [5.41, 5.74) is 2.21. The van der Waals surface area contributed by atoms with Gasteiger partial charge in [0.2, 0.25) is 0 Å². The van der Waals surface area contributed by atoms with Crippen molar-refractivity contribution in [1.29, 1.82) is 0 Å². The normalized spacial score (nSPS) is 18.9. The molecule has 0 bridgehead atoms. The van der Waals surface area contributed by atoms with E-state index in [0.29, 0.717) is 15.0 Å². The number of rotatable bonds is 4. The zero-order chi connectivity index (χ0) is 16.4. The second-order valence-electron chi connectivity index (χ2n) is 5.99. The molecule has 0 spiro atoms. The van der Waals surface area contributed by atoms with E-state index in [1.54, 1.807) is 0 Å². The fraction of sp³-hybridized carbons (Fsp3) is 0.143. The van der Waals surface area contributed by atoms with Gasteiger partial charge in [0.15, 0.2) is 0 Å². The molecule has 0 aromatic heterocycles. The van der Waals surface area contributed by atoms with Gasteiger partial charge in [0, 0.05) is 0 Å². The summed E-state index contributed by atoms with van der Waals surface area (Å²) in [6.45, 7) is 0. The first-order valence-corrected chi connectivity index (χ1v) is 10.4. The van der Waals surface area contributed by atoms with Gasteiger partial charge in [-0.25, -0.2) is 0 Å². The van der Waals surface area contributed by atoms with Gasteiger partial charge in [-0.05, 0) is 0 Å². The van der Waals surface area contributed by atoms with Crippen LogP contribution in [0.15, 0.2) is 78.9 Å². The zero-order valence-electron chi connectivity index (χ0n) is 13.1. The summed E-state index contributed by atoms with van der Waals surface area (Å²) >= 11 is 6.44. The minimum atomic E-state index is -0.288. The molecule has 1 heterocycles. The Labute approximate surface area is 153 Å². The van der Waals surface area contributed by atoms with Crippen LogP contribution >= 0.6 is 11.6 Å². The molecule has 1 atom stereocenters. The number of halogens is 1. The summed E-state index contributed by atoms with van der Waals surface area (Å²) in [6, 6.07) is 27.2. The van der Waals surface area contributed by atoms with Gasteiger partial charge in [0.25, 0.3) is 0 Å². The second kappa shape index (κ2) is 6.64. The fourth-order valence-electron chi connectivity index (χ4n) is 3.10. The molecule has 3 heteroatoms. The van der Waals surface area contributed by atoms with Crippen LogP contribution in [0.25, 0.3) is 0 Å². The molecule has 0 radical (unpaired) electrons. The molecule has 1 nitrogen and oxygen atoms in total. The van der Waals surface area contributed by atoms with Crippen LogP contribution in [0.1, 0.15) is 11.1 Å². The van der Waals surface area contributed by atoms with E-state index >= 15 is 0 Å². The SMILES string of the molecule is Clc1ccc(C2(C[Se]c3ccccc3)Cc3ccccc3O2)cc1. The molecule has 3 aromatic carbocycles. The van der Waals surface area contributed by atoms with Crippen molar-refractivity contribution in [2.75, 3.05) is 0 Å². The van der Waals surface area contributed by atoms with E-state index in [2.05, 4.69) is 60.7 Å². The van der Waals surface area contributed by atoms with Crippen molar-refractivity contribution in [2.24, 2.45) is 0 Å². The van der Waals surface area contributed by atoms with Gasteiger partial charge in [0.05, 0.1) is 0 Å². The van der Waals surface area contributed by atoms with Crippen molar-refractivity contribution in [3.05, 3.63) is 95.0 Å². The van der Waals surface area contributed by atoms with Crippen LogP contribution in [0.3, 0.4) is 0 Å². The van der Waals surface area contributed by atoms with E-state index in [-0.39, 0.29) is 5.60 Å². The van der Waals surface area contributed by atoms with Gasteiger partial charge in [-0.2, -0.15) is 0 Å². The molecular formula is C21H17ClOSe. The summed E-state index contributed by atoms with van der Waals surface area (Å²) in [6.07, 6.45) is 0.916. The van der Waals surface area contributed by atoms with Gasteiger partial charge in [-0.3, -0.25) is 0 Å². The second-order valence-corrected chi connectivity index (χ2v) is 8.63. The maximum absolute atomic E-state index is 6.51. The van der Waals surface area contributed by atoms with Crippen molar-refractivity contribution < 1.29 is 4.74 Å². The molecule has 1 aliphatic heterocycles. The third-order valence-corrected chi connectivity index (χ3v) is 7.14. The van der Waals surface area contributed by atoms with Crippen LogP contribution in [0.5, 0.6) is 5.75 Å². The van der Waals surface area contributed by atoms with Gasteiger partial charge >= 0.3 is 154 Å². The topological polar surface area (TPSA) is 9.23 Å². The van der Waals surface area contributed by atoms with E-state index in [0.717, 1.165) is 22.5 Å². The Bertz CT molecular complexity index is 805. The van der Waals surface area contributed by atoms with Gasteiger partial charge in [0.1, 0.15) is 0 Å². The molecule has 24 heavy (non-hydrogen) atoms. The van der Waals surface area contributed by atoms with E-state index in [1.807, 2.05) is 18.2 Å². The molecule has 4 rings (SSSR count). The molecular weight excluding hydrogens is 383 g/mol. The van der Waals surface area contributed by atoms with Crippen LogP contribution in [0.4, 0.5) is 0 Å². The first-order valence-electron chi connectivity index (χ1n) is 7.96. The molecule has 0 saturated heterocycles. The number of para-hydroxylation sites is 1. The Kier molecular flexibility index (Phi) is 4.37. The molecule has 0 amide bonds. The van der Waals surface area contributed by atoms with Gasteiger partial charge < -0.3 is 0 Å². The van der Waals surface area contributed by atoms with Crippen LogP contribution in [0.2, 0.25) is 10.3 Å². The Morgan fingerprint density at radius 1 is 0.875 bits per heavy atom. The number of hydrogen-bond donors (Lipinski definition) is 0. The molecule has 0 fully saturated rings. The molecule has 0 aliphatic carbocycles. The van der Waals surface area contributed by atoms with Crippen LogP contribution in [0, 0.1) is 0 Å². The monoisotopic (exact) mass is 400 g/mol. The quantitative estimate of drug-likeness (QED) is 0.582. The van der Waals surface area contributed by atoms with Crippen molar-refractivity contribution in [2.45, 2.75) is 17.3 Å². The molecule has 3 aromatic rings. The molecule has 1 aliphatic rings. The molecule has 0 N–H and O–H groups in total. The first kappa shape index (κ1) is 15.8. The Hall–Kier alpha value is -1.73. The number of benzene rings is 3. The standard InChI is InChI=1S/C21H17ClOSe/c22-18-12-10-17(11-13-18)21(15-24-19-7-2-1-3-8-19)14-16-6-4-5-9-20(16)23-21/h1-13H,14-15H2. The molecule has 1 unspecified atom stereocenters. The Balaban J connectivity index is 1.67. The van der Waals surface area contributed by atoms with Crippen LogP contribution in [-0.4, -0.2) is 15.0 Å². The Morgan fingerprint density at radius 2 is 1.58 bits per heavy atom. The third kappa shape index (κ3) is 3.10. The Morgan fingerprint density at radius 3 is 2.33 bits per heavy atom. The summed E-state index contributed by atoms with van der Waals surface area (Å²) in [5, 5.41) is 1.76. The number of hydrogen-bond acceptors (Lipinski definition) is 1. The average molecular weight is 400 g/mol. The first-order chi connectivity index (χ1) is 11.8. The zero-order valence-corrected chi connectivity index (χ0v) is 15.6. The minimum absolute atomic E-state index is 0.288. The van der Waals surface area contributed by atoms with Crippen molar-refractivity contribution >= 4 is 31.0 Å². The third-order valence-electron chi connectivity index (χ3n) is 4.34.